The van der Waals surface area contributed by atoms with Crippen LogP contribution in [0.2, 0.25) is 0 Å². The lowest BCUT2D eigenvalue weighted by atomic mass is 9.92. The third-order valence-corrected chi connectivity index (χ3v) is 5.31. The van der Waals surface area contributed by atoms with E-state index in [0.29, 0.717) is 24.7 Å². The van der Waals surface area contributed by atoms with E-state index >= 15 is 0 Å². The number of piperidine rings is 2. The standard InChI is InChI=1S/C19H25FN2O2/c1-14-4-2-3-11-22(14)19(24)16-9-12-21(13-10-16)18(23)15-5-7-17(20)8-6-15/h5-8,14,16H,2-4,9-13H2,1H3/t14-/m0/s1. The van der Waals surface area contributed by atoms with Crippen LogP contribution in [0.4, 0.5) is 4.39 Å². The summed E-state index contributed by atoms with van der Waals surface area (Å²) in [7, 11) is 0. The van der Waals surface area contributed by atoms with Crippen LogP contribution in [0.1, 0.15) is 49.4 Å². The maximum atomic E-state index is 13.0. The number of likely N-dealkylation sites (tertiary alicyclic amines) is 2. The molecular weight excluding hydrogens is 307 g/mol. The molecule has 2 amide bonds. The van der Waals surface area contributed by atoms with Crippen molar-refractivity contribution in [1.82, 2.24) is 9.80 Å². The fraction of sp³-hybridized carbons (Fsp3) is 0.579. The summed E-state index contributed by atoms with van der Waals surface area (Å²) < 4.78 is 13.0. The molecule has 24 heavy (non-hydrogen) atoms. The summed E-state index contributed by atoms with van der Waals surface area (Å²) in [5.41, 5.74) is 0.505. The van der Waals surface area contributed by atoms with Crippen molar-refractivity contribution in [3.63, 3.8) is 0 Å². The molecule has 0 aromatic heterocycles. The summed E-state index contributed by atoms with van der Waals surface area (Å²) in [5, 5.41) is 0. The van der Waals surface area contributed by atoms with Crippen molar-refractivity contribution < 1.29 is 14.0 Å². The molecule has 2 fully saturated rings. The Balaban J connectivity index is 1.56. The monoisotopic (exact) mass is 332 g/mol. The predicted octanol–water partition coefficient (Wildman–Crippen LogP) is 3.08. The second kappa shape index (κ2) is 7.32. The first-order valence-electron chi connectivity index (χ1n) is 8.91. The van der Waals surface area contributed by atoms with E-state index in [2.05, 4.69) is 6.92 Å². The van der Waals surface area contributed by atoms with E-state index in [-0.39, 0.29) is 23.5 Å². The van der Waals surface area contributed by atoms with Gasteiger partial charge in [0.1, 0.15) is 5.82 Å². The molecule has 2 saturated heterocycles. The van der Waals surface area contributed by atoms with Crippen molar-refractivity contribution in [2.24, 2.45) is 5.92 Å². The fourth-order valence-electron chi connectivity index (χ4n) is 3.76. The van der Waals surface area contributed by atoms with Crippen LogP contribution in [0.15, 0.2) is 24.3 Å². The second-order valence-corrected chi connectivity index (χ2v) is 6.95. The summed E-state index contributed by atoms with van der Waals surface area (Å²) in [4.78, 5) is 29.0. The largest absolute Gasteiger partial charge is 0.340 e. The van der Waals surface area contributed by atoms with Crippen LogP contribution in [-0.2, 0) is 4.79 Å². The number of benzene rings is 1. The van der Waals surface area contributed by atoms with Crippen molar-refractivity contribution >= 4 is 11.8 Å². The molecule has 0 aliphatic carbocycles. The van der Waals surface area contributed by atoms with Crippen LogP contribution >= 0.6 is 0 Å². The Labute approximate surface area is 142 Å². The number of halogens is 1. The van der Waals surface area contributed by atoms with Crippen LogP contribution in [0.5, 0.6) is 0 Å². The molecule has 4 nitrogen and oxygen atoms in total. The number of rotatable bonds is 2. The zero-order chi connectivity index (χ0) is 17.1. The van der Waals surface area contributed by atoms with Crippen molar-refractivity contribution in [1.29, 1.82) is 0 Å². The summed E-state index contributed by atoms with van der Waals surface area (Å²) in [6.07, 6.45) is 4.82. The van der Waals surface area contributed by atoms with Gasteiger partial charge in [0.2, 0.25) is 5.91 Å². The zero-order valence-corrected chi connectivity index (χ0v) is 14.2. The molecule has 0 unspecified atom stereocenters. The van der Waals surface area contributed by atoms with E-state index in [1.54, 1.807) is 4.90 Å². The lowest BCUT2D eigenvalue weighted by molar-refractivity contribution is -0.140. The highest BCUT2D eigenvalue weighted by Gasteiger charge is 2.33. The second-order valence-electron chi connectivity index (χ2n) is 6.95. The number of carbonyl (C=O) groups excluding carboxylic acids is 2. The highest BCUT2D eigenvalue weighted by atomic mass is 19.1. The van der Waals surface area contributed by atoms with Crippen LogP contribution in [0.25, 0.3) is 0 Å². The first-order valence-corrected chi connectivity index (χ1v) is 8.91. The molecule has 1 aromatic rings. The average Bonchev–Trinajstić information content (AvgIpc) is 2.62. The van der Waals surface area contributed by atoms with E-state index < -0.39 is 0 Å². The number of nitrogens with zero attached hydrogens (tertiary/aromatic N) is 2. The first-order chi connectivity index (χ1) is 11.6. The molecule has 0 N–H and O–H groups in total. The average molecular weight is 332 g/mol. The van der Waals surface area contributed by atoms with E-state index in [9.17, 15) is 14.0 Å². The third-order valence-electron chi connectivity index (χ3n) is 5.31. The molecule has 0 bridgehead atoms. The van der Waals surface area contributed by atoms with E-state index in [1.807, 2.05) is 4.90 Å². The van der Waals surface area contributed by atoms with Gasteiger partial charge in [0, 0.05) is 37.2 Å². The van der Waals surface area contributed by atoms with Crippen LogP contribution in [-0.4, -0.2) is 47.3 Å². The molecule has 1 atom stereocenters. The molecule has 0 saturated carbocycles. The normalized spacial score (nSPS) is 22.5. The molecule has 3 rings (SSSR count). The molecule has 2 aliphatic heterocycles. The Morgan fingerprint density at radius 2 is 1.67 bits per heavy atom. The quantitative estimate of drug-likeness (QED) is 0.835. The fourth-order valence-corrected chi connectivity index (χ4v) is 3.76. The van der Waals surface area contributed by atoms with Gasteiger partial charge >= 0.3 is 0 Å². The Bertz CT molecular complexity index is 594. The maximum Gasteiger partial charge on any atom is 0.253 e. The minimum atomic E-state index is -0.341. The first kappa shape index (κ1) is 16.9. The van der Waals surface area contributed by atoms with Crippen molar-refractivity contribution in [2.75, 3.05) is 19.6 Å². The number of hydrogen-bond donors (Lipinski definition) is 0. The minimum absolute atomic E-state index is 0.0304. The Hall–Kier alpha value is -1.91. The Morgan fingerprint density at radius 1 is 1.00 bits per heavy atom. The van der Waals surface area contributed by atoms with E-state index in [0.717, 1.165) is 32.2 Å². The molecule has 0 radical (unpaired) electrons. The summed E-state index contributed by atoms with van der Waals surface area (Å²) >= 11 is 0. The van der Waals surface area contributed by atoms with Crippen LogP contribution in [0, 0.1) is 11.7 Å². The molecule has 5 heteroatoms. The number of amides is 2. The highest BCUT2D eigenvalue weighted by molar-refractivity contribution is 5.94. The lowest BCUT2D eigenvalue weighted by Gasteiger charge is -2.38. The van der Waals surface area contributed by atoms with Gasteiger partial charge in [0.25, 0.3) is 5.91 Å². The summed E-state index contributed by atoms with van der Waals surface area (Å²) in [5.74, 6) is -0.127. The Kier molecular flexibility index (Phi) is 5.17. The van der Waals surface area contributed by atoms with Crippen molar-refractivity contribution in [3.05, 3.63) is 35.6 Å². The minimum Gasteiger partial charge on any atom is -0.340 e. The molecule has 2 aliphatic rings. The van der Waals surface area contributed by atoms with E-state index in [4.69, 9.17) is 0 Å². The van der Waals surface area contributed by atoms with Crippen LogP contribution in [0.3, 0.4) is 0 Å². The van der Waals surface area contributed by atoms with Crippen LogP contribution < -0.4 is 0 Å². The molecule has 2 heterocycles. The van der Waals surface area contributed by atoms with Gasteiger partial charge in [-0.05, 0) is 63.3 Å². The van der Waals surface area contributed by atoms with E-state index in [1.165, 1.54) is 30.7 Å². The maximum absolute atomic E-state index is 13.0. The summed E-state index contributed by atoms with van der Waals surface area (Å²) in [6, 6.07) is 5.99. The topological polar surface area (TPSA) is 40.6 Å². The van der Waals surface area contributed by atoms with Gasteiger partial charge in [-0.1, -0.05) is 0 Å². The molecule has 130 valence electrons. The van der Waals surface area contributed by atoms with Crippen molar-refractivity contribution in [2.45, 2.75) is 45.1 Å². The molecule has 1 aromatic carbocycles. The smallest absolute Gasteiger partial charge is 0.253 e. The third kappa shape index (κ3) is 3.60. The molecule has 0 spiro atoms. The predicted molar refractivity (Wildman–Crippen MR) is 90.1 cm³/mol. The van der Waals surface area contributed by atoms with Gasteiger partial charge in [0.15, 0.2) is 0 Å². The highest BCUT2D eigenvalue weighted by Crippen LogP contribution is 2.25. The van der Waals surface area contributed by atoms with Gasteiger partial charge in [-0.3, -0.25) is 9.59 Å². The van der Waals surface area contributed by atoms with Crippen molar-refractivity contribution in [3.8, 4) is 0 Å². The zero-order valence-electron chi connectivity index (χ0n) is 14.2. The molecular formula is C19H25FN2O2. The Morgan fingerprint density at radius 3 is 2.29 bits per heavy atom. The van der Waals surface area contributed by atoms with Gasteiger partial charge < -0.3 is 9.80 Å². The summed E-state index contributed by atoms with van der Waals surface area (Å²) in [6.45, 7) is 4.18. The van der Waals surface area contributed by atoms with Gasteiger partial charge in [0.05, 0.1) is 0 Å². The van der Waals surface area contributed by atoms with Gasteiger partial charge in [-0.2, -0.15) is 0 Å². The number of carbonyl (C=O) groups is 2. The SMILES string of the molecule is C[C@H]1CCCCN1C(=O)C1CCN(C(=O)c2ccc(F)cc2)CC1. The van der Waals surface area contributed by atoms with Gasteiger partial charge in [-0.15, -0.1) is 0 Å². The lowest BCUT2D eigenvalue weighted by Crippen LogP contribution is -2.48. The van der Waals surface area contributed by atoms with Gasteiger partial charge in [-0.25, -0.2) is 4.39 Å². The number of hydrogen-bond acceptors (Lipinski definition) is 2.